The highest BCUT2D eigenvalue weighted by molar-refractivity contribution is 7.25. The molecule has 2 heteroatoms. The number of anilines is 3. The fraction of sp³-hybridized carbons (Fsp3) is 0.0169. The molecule has 0 saturated carbocycles. The summed E-state index contributed by atoms with van der Waals surface area (Å²) < 4.78 is 2.60. The molecule has 0 saturated heterocycles. The van der Waals surface area contributed by atoms with Crippen LogP contribution in [0.1, 0.15) is 12.0 Å². The second-order valence-electron chi connectivity index (χ2n) is 15.8. The van der Waals surface area contributed by atoms with E-state index in [9.17, 15) is 0 Å². The fourth-order valence-corrected chi connectivity index (χ4v) is 10.1. The molecule has 0 atom stereocenters. The Morgan fingerprint density at radius 3 is 1.84 bits per heavy atom. The predicted molar refractivity (Wildman–Crippen MR) is 264 cm³/mol. The maximum absolute atomic E-state index is 4.18. The molecule has 1 aromatic heterocycles. The highest BCUT2D eigenvalue weighted by Crippen LogP contribution is 2.46. The van der Waals surface area contributed by atoms with Gasteiger partial charge in [0.1, 0.15) is 0 Å². The average Bonchev–Trinajstić information content (AvgIpc) is 3.71. The molecular formula is C59H41NS. The van der Waals surface area contributed by atoms with Crippen molar-refractivity contribution in [2.75, 3.05) is 4.90 Å². The highest BCUT2D eigenvalue weighted by Gasteiger charge is 2.20. The Balaban J connectivity index is 1.01. The van der Waals surface area contributed by atoms with E-state index in [1.54, 1.807) is 0 Å². The quantitative estimate of drug-likeness (QED) is 0.148. The van der Waals surface area contributed by atoms with E-state index < -0.39 is 0 Å². The first-order valence-electron chi connectivity index (χ1n) is 20.9. The summed E-state index contributed by atoms with van der Waals surface area (Å²) in [5.41, 5.74) is 16.5. The summed E-state index contributed by atoms with van der Waals surface area (Å²) in [6.07, 6.45) is 7.49. The Morgan fingerprint density at radius 2 is 1.02 bits per heavy atom. The van der Waals surface area contributed by atoms with Gasteiger partial charge in [-0.05, 0) is 110 Å². The Kier molecular flexibility index (Phi) is 9.34. The molecule has 0 radical (unpaired) electrons. The summed E-state index contributed by atoms with van der Waals surface area (Å²) in [5, 5.41) is 5.12. The summed E-state index contributed by atoms with van der Waals surface area (Å²) in [5.74, 6) is 0. The normalized spacial score (nSPS) is 12.6. The maximum Gasteiger partial charge on any atom is 0.0540 e. The van der Waals surface area contributed by atoms with Gasteiger partial charge >= 0.3 is 0 Å². The van der Waals surface area contributed by atoms with Crippen molar-refractivity contribution < 1.29 is 0 Å². The molecule has 1 aliphatic rings. The number of benzene rings is 9. The third kappa shape index (κ3) is 6.87. The Morgan fingerprint density at radius 1 is 0.426 bits per heavy atom. The van der Waals surface area contributed by atoms with Gasteiger partial charge in [0, 0.05) is 37.1 Å². The molecule has 10 aromatic rings. The van der Waals surface area contributed by atoms with Crippen molar-refractivity contribution in [3.63, 3.8) is 0 Å². The topological polar surface area (TPSA) is 3.24 Å². The number of fused-ring (bicyclic) bond motifs is 4. The largest absolute Gasteiger partial charge is 0.310 e. The lowest BCUT2D eigenvalue weighted by Crippen LogP contribution is -2.11. The first kappa shape index (κ1) is 36.6. The van der Waals surface area contributed by atoms with Crippen LogP contribution in [0.5, 0.6) is 0 Å². The van der Waals surface area contributed by atoms with Crippen molar-refractivity contribution in [1.82, 2.24) is 0 Å². The van der Waals surface area contributed by atoms with Crippen LogP contribution in [0.15, 0.2) is 237 Å². The molecule has 1 heterocycles. The first-order valence-corrected chi connectivity index (χ1v) is 21.7. The summed E-state index contributed by atoms with van der Waals surface area (Å²) in [4.78, 5) is 2.43. The Hall–Kier alpha value is -7.52. The standard InChI is InChI=1S/C59H41NS/c1-40-12-8-15-47(38-40)43-28-26-41(27-29-43)42-34-36-49(37-35-42)60(56-23-6-4-19-53(56)54-22-11-25-58-59(54)55-20-5-7-24-57(55)61-58)50-17-9-16-48(39-50)44-30-32-46(33-31-44)52-21-10-14-45-13-2-3-18-51(45)52/h2-11,13-39H,1,12H2. The van der Waals surface area contributed by atoms with Gasteiger partial charge in [-0.25, -0.2) is 0 Å². The molecular weight excluding hydrogens is 755 g/mol. The zero-order valence-corrected chi connectivity index (χ0v) is 34.4. The number of hydrogen-bond acceptors (Lipinski definition) is 2. The average molecular weight is 796 g/mol. The minimum atomic E-state index is 0.917. The van der Waals surface area contributed by atoms with Gasteiger partial charge in [-0.15, -0.1) is 11.3 Å². The molecule has 288 valence electrons. The molecule has 0 unspecified atom stereocenters. The lowest BCUT2D eigenvalue weighted by Gasteiger charge is -2.28. The molecule has 9 aromatic carbocycles. The van der Waals surface area contributed by atoms with E-state index in [1.165, 1.54) is 86.6 Å². The first-order chi connectivity index (χ1) is 30.1. The van der Waals surface area contributed by atoms with Gasteiger partial charge in [0.05, 0.1) is 5.69 Å². The van der Waals surface area contributed by atoms with Gasteiger partial charge in [-0.2, -0.15) is 0 Å². The van der Waals surface area contributed by atoms with E-state index in [0.717, 1.165) is 29.1 Å². The minimum Gasteiger partial charge on any atom is -0.310 e. The number of rotatable bonds is 8. The molecule has 0 fully saturated rings. The third-order valence-corrected chi connectivity index (χ3v) is 13.1. The van der Waals surface area contributed by atoms with Crippen LogP contribution in [-0.2, 0) is 0 Å². The van der Waals surface area contributed by atoms with Crippen molar-refractivity contribution >= 4 is 64.9 Å². The molecule has 1 nitrogen and oxygen atoms in total. The van der Waals surface area contributed by atoms with Crippen LogP contribution >= 0.6 is 11.3 Å². The number of nitrogens with zero attached hydrogens (tertiary/aromatic N) is 1. The monoisotopic (exact) mass is 795 g/mol. The van der Waals surface area contributed by atoms with Gasteiger partial charge in [0.15, 0.2) is 0 Å². The summed E-state index contributed by atoms with van der Waals surface area (Å²) >= 11 is 1.86. The van der Waals surface area contributed by atoms with Gasteiger partial charge in [0.25, 0.3) is 0 Å². The number of hydrogen-bond donors (Lipinski definition) is 0. The molecule has 0 bridgehead atoms. The summed E-state index contributed by atoms with van der Waals surface area (Å²) in [7, 11) is 0. The molecule has 0 amide bonds. The van der Waals surface area contributed by atoms with Crippen LogP contribution < -0.4 is 4.90 Å². The van der Waals surface area contributed by atoms with Crippen LogP contribution in [0.4, 0.5) is 17.1 Å². The summed E-state index contributed by atoms with van der Waals surface area (Å²) in [6.45, 7) is 4.18. The van der Waals surface area contributed by atoms with E-state index in [1.807, 2.05) is 11.3 Å². The SMILES string of the molecule is C=C1C=C(c2ccc(-c3ccc(N(c4cccc(-c5ccc(-c6cccc7ccccc67)cc5)c4)c4ccccc4-c4cccc5sc6ccccc6c45)cc3)cc2)C=CC1. The molecule has 0 N–H and O–H groups in total. The van der Waals surface area contributed by atoms with Gasteiger partial charge in [-0.1, -0.05) is 194 Å². The maximum atomic E-state index is 4.18. The second-order valence-corrected chi connectivity index (χ2v) is 16.9. The van der Waals surface area contributed by atoms with Crippen LogP contribution in [0.3, 0.4) is 0 Å². The Labute approximate surface area is 361 Å². The number of allylic oxidation sites excluding steroid dienone is 5. The van der Waals surface area contributed by atoms with Crippen molar-refractivity contribution in [3.8, 4) is 44.5 Å². The second kappa shape index (κ2) is 15.6. The summed E-state index contributed by atoms with van der Waals surface area (Å²) in [6, 6.07) is 75.5. The van der Waals surface area contributed by atoms with Gasteiger partial charge in [0.2, 0.25) is 0 Å². The van der Waals surface area contributed by atoms with Crippen molar-refractivity contribution in [3.05, 3.63) is 242 Å². The predicted octanol–water partition coefficient (Wildman–Crippen LogP) is 17.2. The minimum absolute atomic E-state index is 0.917. The van der Waals surface area contributed by atoms with E-state index >= 15 is 0 Å². The van der Waals surface area contributed by atoms with E-state index in [2.05, 4.69) is 236 Å². The molecule has 61 heavy (non-hydrogen) atoms. The molecule has 11 rings (SSSR count). The molecule has 0 aliphatic heterocycles. The molecule has 1 aliphatic carbocycles. The number of para-hydroxylation sites is 1. The highest BCUT2D eigenvalue weighted by atomic mass is 32.1. The van der Waals surface area contributed by atoms with Crippen LogP contribution in [0.25, 0.3) is 81.0 Å². The fourth-order valence-electron chi connectivity index (χ4n) is 8.97. The number of thiophene rings is 1. The zero-order valence-electron chi connectivity index (χ0n) is 33.6. The van der Waals surface area contributed by atoms with E-state index in [-0.39, 0.29) is 0 Å². The zero-order chi connectivity index (χ0) is 40.7. The van der Waals surface area contributed by atoms with Crippen LogP contribution in [0.2, 0.25) is 0 Å². The van der Waals surface area contributed by atoms with Crippen molar-refractivity contribution in [2.24, 2.45) is 0 Å². The lowest BCUT2D eigenvalue weighted by atomic mass is 9.95. The van der Waals surface area contributed by atoms with E-state index in [4.69, 9.17) is 0 Å². The van der Waals surface area contributed by atoms with Crippen molar-refractivity contribution in [2.45, 2.75) is 6.42 Å². The van der Waals surface area contributed by atoms with Crippen LogP contribution in [-0.4, -0.2) is 0 Å². The van der Waals surface area contributed by atoms with Crippen LogP contribution in [0, 0.1) is 0 Å². The van der Waals surface area contributed by atoms with Gasteiger partial charge < -0.3 is 4.90 Å². The molecule has 0 spiro atoms. The van der Waals surface area contributed by atoms with Gasteiger partial charge in [-0.3, -0.25) is 0 Å². The lowest BCUT2D eigenvalue weighted by molar-refractivity contribution is 1.28. The smallest absolute Gasteiger partial charge is 0.0540 e. The Bertz CT molecular complexity index is 3320. The third-order valence-electron chi connectivity index (χ3n) is 12.0. The van der Waals surface area contributed by atoms with Crippen molar-refractivity contribution in [1.29, 1.82) is 0 Å². The van der Waals surface area contributed by atoms with E-state index in [0.29, 0.717) is 0 Å².